The summed E-state index contributed by atoms with van der Waals surface area (Å²) in [7, 11) is 0. The molecular formula is C20H20N2OS. The summed E-state index contributed by atoms with van der Waals surface area (Å²) >= 11 is 1.49. The molecule has 2 aromatic carbocycles. The van der Waals surface area contributed by atoms with Crippen molar-refractivity contribution >= 4 is 17.5 Å². The zero-order valence-electron chi connectivity index (χ0n) is 13.9. The summed E-state index contributed by atoms with van der Waals surface area (Å²) in [4.78, 5) is 16.6. The van der Waals surface area contributed by atoms with Crippen LogP contribution < -0.4 is 0 Å². The Balaban J connectivity index is 1.63. The summed E-state index contributed by atoms with van der Waals surface area (Å²) in [5.74, 6) is 0.638. The Hall–Kier alpha value is -2.33. The van der Waals surface area contributed by atoms with Gasteiger partial charge < -0.3 is 0 Å². The molecule has 0 fully saturated rings. The van der Waals surface area contributed by atoms with E-state index in [2.05, 4.69) is 36.2 Å². The van der Waals surface area contributed by atoms with Gasteiger partial charge in [0.25, 0.3) is 0 Å². The predicted molar refractivity (Wildman–Crippen MR) is 98.9 cm³/mol. The van der Waals surface area contributed by atoms with Crippen LogP contribution in [0.4, 0.5) is 0 Å². The molecule has 0 unspecified atom stereocenters. The lowest BCUT2D eigenvalue weighted by atomic mass is 10.1. The van der Waals surface area contributed by atoms with Crippen LogP contribution in [0.2, 0.25) is 0 Å². The van der Waals surface area contributed by atoms with Crippen molar-refractivity contribution < 1.29 is 4.79 Å². The average molecular weight is 336 g/mol. The van der Waals surface area contributed by atoms with Gasteiger partial charge in [-0.05, 0) is 31.5 Å². The van der Waals surface area contributed by atoms with E-state index in [0.29, 0.717) is 12.2 Å². The van der Waals surface area contributed by atoms with Crippen molar-refractivity contribution in [3.05, 3.63) is 77.6 Å². The van der Waals surface area contributed by atoms with E-state index in [1.807, 2.05) is 42.0 Å². The number of aromatic nitrogens is 2. The number of thioether (sulfide) groups is 1. The van der Waals surface area contributed by atoms with Gasteiger partial charge >= 0.3 is 0 Å². The van der Waals surface area contributed by atoms with Crippen LogP contribution in [0.15, 0.2) is 66.1 Å². The second-order valence-corrected chi connectivity index (χ2v) is 6.85. The minimum absolute atomic E-state index is 0.210. The van der Waals surface area contributed by atoms with E-state index >= 15 is 0 Å². The van der Waals surface area contributed by atoms with E-state index in [0.717, 1.165) is 16.4 Å². The van der Waals surface area contributed by atoms with Crippen molar-refractivity contribution in [1.82, 2.24) is 9.55 Å². The largest absolute Gasteiger partial charge is 0.298 e. The number of imidazole rings is 1. The molecule has 0 aliphatic carbocycles. The number of carbonyl (C=O) groups excluding carboxylic acids is 1. The molecule has 0 N–H and O–H groups in total. The zero-order valence-corrected chi connectivity index (χ0v) is 14.7. The van der Waals surface area contributed by atoms with Gasteiger partial charge in [-0.3, -0.25) is 9.36 Å². The van der Waals surface area contributed by atoms with Gasteiger partial charge in [0, 0.05) is 24.5 Å². The van der Waals surface area contributed by atoms with Gasteiger partial charge in [0.2, 0.25) is 0 Å². The molecule has 0 bridgehead atoms. The number of rotatable bonds is 6. The Kier molecular flexibility index (Phi) is 5.16. The maximum atomic E-state index is 12.2. The fourth-order valence-electron chi connectivity index (χ4n) is 2.43. The van der Waals surface area contributed by atoms with Gasteiger partial charge in [0.15, 0.2) is 5.16 Å². The monoisotopic (exact) mass is 336 g/mol. The van der Waals surface area contributed by atoms with Crippen LogP contribution in [0.3, 0.4) is 0 Å². The molecular weight excluding hydrogens is 316 g/mol. The first-order valence-electron chi connectivity index (χ1n) is 7.92. The normalized spacial score (nSPS) is 10.8. The number of aryl methyl sites for hydroxylation is 2. The molecule has 0 spiro atoms. The molecule has 0 saturated carbocycles. The first-order valence-corrected chi connectivity index (χ1v) is 8.91. The molecule has 0 radical (unpaired) electrons. The molecule has 122 valence electrons. The summed E-state index contributed by atoms with van der Waals surface area (Å²) in [6.07, 6.45) is 4.17. The number of Topliss-reactive ketones (excluding diaryl/α,β-unsaturated/α-hetero) is 1. The van der Waals surface area contributed by atoms with E-state index < -0.39 is 0 Å². The second kappa shape index (κ2) is 7.49. The average Bonchev–Trinajstić information content (AvgIpc) is 3.04. The molecule has 0 atom stereocenters. The third kappa shape index (κ3) is 4.15. The molecule has 0 aliphatic heterocycles. The molecule has 1 heterocycles. The van der Waals surface area contributed by atoms with Crippen LogP contribution in [0, 0.1) is 13.8 Å². The van der Waals surface area contributed by atoms with Gasteiger partial charge in [-0.2, -0.15) is 0 Å². The molecule has 1 aromatic heterocycles. The van der Waals surface area contributed by atoms with E-state index in [-0.39, 0.29) is 5.78 Å². The van der Waals surface area contributed by atoms with Crippen LogP contribution in [0.5, 0.6) is 0 Å². The van der Waals surface area contributed by atoms with E-state index in [1.165, 1.54) is 22.9 Å². The highest BCUT2D eigenvalue weighted by Gasteiger charge is 2.10. The standard InChI is InChI=1S/C20H20N2OS/c1-15-3-7-17(8-4-15)13-19(23)14-24-20-21-11-12-22(20)18-9-5-16(2)6-10-18/h3-12H,13-14H2,1-2H3. The van der Waals surface area contributed by atoms with Crippen molar-refractivity contribution in [2.24, 2.45) is 0 Å². The Labute approximate surface area is 146 Å². The summed E-state index contributed by atoms with van der Waals surface area (Å²) < 4.78 is 2.02. The van der Waals surface area contributed by atoms with Crippen molar-refractivity contribution in [2.75, 3.05) is 5.75 Å². The molecule has 0 amide bonds. The summed E-state index contributed by atoms with van der Waals surface area (Å²) in [5.41, 5.74) is 4.56. The fraction of sp³-hybridized carbons (Fsp3) is 0.200. The quantitative estimate of drug-likeness (QED) is 0.626. The lowest BCUT2D eigenvalue weighted by Crippen LogP contribution is -2.07. The maximum Gasteiger partial charge on any atom is 0.173 e. The highest BCUT2D eigenvalue weighted by Crippen LogP contribution is 2.21. The highest BCUT2D eigenvalue weighted by molar-refractivity contribution is 7.99. The third-order valence-corrected chi connectivity index (χ3v) is 4.83. The Morgan fingerprint density at radius 1 is 1.00 bits per heavy atom. The third-order valence-electron chi connectivity index (χ3n) is 3.80. The van der Waals surface area contributed by atoms with Crippen molar-refractivity contribution in [2.45, 2.75) is 25.4 Å². The molecule has 3 aromatic rings. The van der Waals surface area contributed by atoms with E-state index in [1.54, 1.807) is 6.20 Å². The lowest BCUT2D eigenvalue weighted by Gasteiger charge is -2.07. The van der Waals surface area contributed by atoms with Gasteiger partial charge in [-0.1, -0.05) is 59.3 Å². The van der Waals surface area contributed by atoms with Crippen molar-refractivity contribution in [3.63, 3.8) is 0 Å². The van der Waals surface area contributed by atoms with Crippen LogP contribution in [0.1, 0.15) is 16.7 Å². The van der Waals surface area contributed by atoms with Gasteiger partial charge in [0.05, 0.1) is 5.75 Å². The van der Waals surface area contributed by atoms with Gasteiger partial charge in [0.1, 0.15) is 5.78 Å². The smallest absolute Gasteiger partial charge is 0.173 e. The van der Waals surface area contributed by atoms with Crippen LogP contribution in [0.25, 0.3) is 5.69 Å². The minimum atomic E-state index is 0.210. The minimum Gasteiger partial charge on any atom is -0.298 e. The predicted octanol–water partition coefficient (Wildman–Crippen LogP) is 4.39. The topological polar surface area (TPSA) is 34.9 Å². The first-order chi connectivity index (χ1) is 11.6. The highest BCUT2D eigenvalue weighted by atomic mass is 32.2. The molecule has 0 aliphatic rings. The maximum absolute atomic E-state index is 12.2. The fourth-order valence-corrected chi connectivity index (χ4v) is 3.26. The molecule has 3 nitrogen and oxygen atoms in total. The van der Waals surface area contributed by atoms with Gasteiger partial charge in [-0.25, -0.2) is 4.98 Å². The van der Waals surface area contributed by atoms with Crippen molar-refractivity contribution in [1.29, 1.82) is 0 Å². The Bertz CT molecular complexity index is 820. The van der Waals surface area contributed by atoms with Crippen LogP contribution in [-0.4, -0.2) is 21.1 Å². The molecule has 3 rings (SSSR count). The number of ketones is 1. The summed E-state index contributed by atoms with van der Waals surface area (Å²) in [6.45, 7) is 4.11. The zero-order chi connectivity index (χ0) is 16.9. The van der Waals surface area contributed by atoms with Crippen LogP contribution >= 0.6 is 11.8 Å². The number of nitrogens with zero attached hydrogens (tertiary/aromatic N) is 2. The van der Waals surface area contributed by atoms with E-state index in [9.17, 15) is 4.79 Å². The Morgan fingerprint density at radius 2 is 1.62 bits per heavy atom. The van der Waals surface area contributed by atoms with Gasteiger partial charge in [-0.15, -0.1) is 0 Å². The summed E-state index contributed by atoms with van der Waals surface area (Å²) in [5, 5.41) is 0.844. The lowest BCUT2D eigenvalue weighted by molar-refractivity contribution is -0.116. The molecule has 24 heavy (non-hydrogen) atoms. The van der Waals surface area contributed by atoms with Crippen LogP contribution in [-0.2, 0) is 11.2 Å². The Morgan fingerprint density at radius 3 is 2.29 bits per heavy atom. The van der Waals surface area contributed by atoms with E-state index in [4.69, 9.17) is 0 Å². The van der Waals surface area contributed by atoms with Crippen molar-refractivity contribution in [3.8, 4) is 5.69 Å². The second-order valence-electron chi connectivity index (χ2n) is 5.91. The summed E-state index contributed by atoms with van der Waals surface area (Å²) in [6, 6.07) is 16.4. The number of hydrogen-bond donors (Lipinski definition) is 0. The number of benzene rings is 2. The molecule has 4 heteroatoms. The SMILES string of the molecule is Cc1ccc(CC(=O)CSc2nccn2-c2ccc(C)cc2)cc1. The molecule has 0 saturated heterocycles. The number of carbonyl (C=O) groups is 1. The number of hydrogen-bond acceptors (Lipinski definition) is 3. The first kappa shape index (κ1) is 16.5.